The van der Waals surface area contributed by atoms with Crippen LogP contribution in [0.4, 0.5) is 0 Å². The summed E-state index contributed by atoms with van der Waals surface area (Å²) < 4.78 is 23.3. The summed E-state index contributed by atoms with van der Waals surface area (Å²) in [6, 6.07) is -1.31. The van der Waals surface area contributed by atoms with Gasteiger partial charge in [-0.2, -0.15) is 0 Å². The van der Waals surface area contributed by atoms with Crippen molar-refractivity contribution in [1.82, 2.24) is 10.6 Å². The Kier molecular flexibility index (Phi) is 11.7. The first-order valence-corrected chi connectivity index (χ1v) is 12.6. The fourth-order valence-electron chi connectivity index (χ4n) is 3.42. The SMILES string of the molecule is CC(=O)NC1C(O)OC(CO)C(O)C1O[C@H](C)C(=O)N[C@@H](C)P(=O)(O)CC(CCC(=O)O)C(=O)O. The summed E-state index contributed by atoms with van der Waals surface area (Å²) in [5.41, 5.74) is 0. The van der Waals surface area contributed by atoms with Crippen LogP contribution in [-0.2, 0) is 33.2 Å². The van der Waals surface area contributed by atoms with Crippen LogP contribution in [0, 0.1) is 5.92 Å². The van der Waals surface area contributed by atoms with Gasteiger partial charge in [-0.3, -0.25) is 23.7 Å². The van der Waals surface area contributed by atoms with Crippen LogP contribution in [0.5, 0.6) is 0 Å². The zero-order valence-electron chi connectivity index (χ0n) is 19.4. The summed E-state index contributed by atoms with van der Waals surface area (Å²) in [5, 5.41) is 52.4. The maximum absolute atomic E-state index is 12.7. The lowest BCUT2D eigenvalue weighted by molar-refractivity contribution is -0.266. The summed E-state index contributed by atoms with van der Waals surface area (Å²) in [5.74, 6) is -7.12. The zero-order valence-corrected chi connectivity index (χ0v) is 20.3. The summed E-state index contributed by atoms with van der Waals surface area (Å²) in [7, 11) is -4.32. The highest BCUT2D eigenvalue weighted by Crippen LogP contribution is 2.47. The maximum Gasteiger partial charge on any atom is 0.307 e. The summed E-state index contributed by atoms with van der Waals surface area (Å²) in [4.78, 5) is 56.5. The summed E-state index contributed by atoms with van der Waals surface area (Å²) in [6.45, 7) is 2.82. The molecule has 0 aromatic carbocycles. The topological polar surface area (TPSA) is 249 Å². The van der Waals surface area contributed by atoms with E-state index in [0.717, 1.165) is 13.8 Å². The van der Waals surface area contributed by atoms with E-state index in [9.17, 15) is 49.1 Å². The van der Waals surface area contributed by atoms with Crippen molar-refractivity contribution >= 4 is 31.1 Å². The minimum absolute atomic E-state index is 0.379. The van der Waals surface area contributed by atoms with Gasteiger partial charge in [0.2, 0.25) is 19.2 Å². The molecule has 1 aliphatic rings. The van der Waals surface area contributed by atoms with E-state index in [1.165, 1.54) is 6.92 Å². The van der Waals surface area contributed by atoms with Crippen LogP contribution in [-0.4, -0.2) is 109 Å². The minimum atomic E-state index is -4.32. The standard InChI is InChI=1S/C19H33N2O13P/c1-8(33-16-14(20-9(2)23)19(30)34-12(6-22)15(16)26)17(27)21-10(3)35(31,32)7-11(18(28)29)4-5-13(24)25/h8,10-12,14-16,19,22,26,30H,4-7H2,1-3H3,(H,20,23)(H,21,27)(H,24,25)(H,28,29)(H,31,32)/t8-,10-,11?,12?,14?,15?,16?,19?/m1/s1. The normalized spacial score (nSPS) is 28.7. The van der Waals surface area contributed by atoms with Gasteiger partial charge in [0.1, 0.15) is 36.2 Å². The van der Waals surface area contributed by atoms with Crippen LogP contribution >= 0.6 is 7.37 Å². The van der Waals surface area contributed by atoms with Crippen LogP contribution in [0.15, 0.2) is 0 Å². The fourth-order valence-corrected chi connectivity index (χ4v) is 5.04. The number of aliphatic carboxylic acids is 2. The third kappa shape index (κ3) is 9.11. The van der Waals surface area contributed by atoms with E-state index in [0.29, 0.717) is 0 Å². The molecule has 0 aromatic heterocycles. The van der Waals surface area contributed by atoms with Crippen molar-refractivity contribution in [2.75, 3.05) is 12.8 Å². The molecule has 8 N–H and O–H groups in total. The molecule has 1 saturated heterocycles. The van der Waals surface area contributed by atoms with E-state index in [1.807, 2.05) is 0 Å². The average molecular weight is 528 g/mol. The lowest BCUT2D eigenvalue weighted by Crippen LogP contribution is -2.65. The number of ether oxygens (including phenoxy) is 2. The lowest BCUT2D eigenvalue weighted by Gasteiger charge is -2.43. The Morgan fingerprint density at radius 1 is 1.14 bits per heavy atom. The van der Waals surface area contributed by atoms with Crippen molar-refractivity contribution in [3.63, 3.8) is 0 Å². The van der Waals surface area contributed by atoms with Gasteiger partial charge >= 0.3 is 11.9 Å². The number of amides is 2. The molecule has 35 heavy (non-hydrogen) atoms. The number of carboxylic acids is 2. The first-order valence-electron chi connectivity index (χ1n) is 10.7. The fraction of sp³-hybridized carbons (Fsp3) is 0.789. The molecule has 202 valence electrons. The summed E-state index contributed by atoms with van der Waals surface area (Å²) >= 11 is 0. The molecule has 0 spiro atoms. The van der Waals surface area contributed by atoms with Crippen molar-refractivity contribution in [1.29, 1.82) is 0 Å². The highest BCUT2D eigenvalue weighted by molar-refractivity contribution is 7.58. The number of hydrogen-bond donors (Lipinski definition) is 8. The van der Waals surface area contributed by atoms with Crippen LogP contribution in [0.1, 0.15) is 33.6 Å². The van der Waals surface area contributed by atoms with Gasteiger partial charge in [0.05, 0.1) is 12.5 Å². The van der Waals surface area contributed by atoms with Crippen molar-refractivity contribution in [3.05, 3.63) is 0 Å². The number of carboxylic acid groups (broad SMARTS) is 2. The molecule has 1 heterocycles. The third-order valence-corrected chi connectivity index (χ3v) is 7.77. The molecule has 1 aliphatic heterocycles. The zero-order chi connectivity index (χ0) is 27.1. The van der Waals surface area contributed by atoms with Gasteiger partial charge in [-0.15, -0.1) is 0 Å². The monoisotopic (exact) mass is 528 g/mol. The molecule has 16 heteroatoms. The molecule has 9 atom stereocenters. The number of hydrogen-bond acceptors (Lipinski definition) is 10. The van der Waals surface area contributed by atoms with E-state index >= 15 is 0 Å². The van der Waals surface area contributed by atoms with Gasteiger partial charge in [0.15, 0.2) is 6.29 Å². The molecule has 0 bridgehead atoms. The maximum atomic E-state index is 12.7. The van der Waals surface area contributed by atoms with Gasteiger partial charge in [-0.05, 0) is 20.3 Å². The lowest BCUT2D eigenvalue weighted by atomic mass is 9.96. The van der Waals surface area contributed by atoms with Gasteiger partial charge in [-0.25, -0.2) is 0 Å². The predicted molar refractivity (Wildman–Crippen MR) is 116 cm³/mol. The van der Waals surface area contributed by atoms with Crippen molar-refractivity contribution in [2.45, 2.75) is 76.1 Å². The molecule has 2 amide bonds. The Bertz CT molecular complexity index is 825. The highest BCUT2D eigenvalue weighted by Gasteiger charge is 2.47. The van der Waals surface area contributed by atoms with E-state index < -0.39 is 98.8 Å². The third-order valence-electron chi connectivity index (χ3n) is 5.47. The number of aliphatic hydroxyl groups excluding tert-OH is 3. The van der Waals surface area contributed by atoms with Crippen LogP contribution in [0.25, 0.3) is 0 Å². The van der Waals surface area contributed by atoms with Crippen molar-refractivity contribution < 1.29 is 63.6 Å². The number of nitrogens with one attached hydrogen (secondary N) is 2. The second-order valence-corrected chi connectivity index (χ2v) is 10.9. The second-order valence-electron chi connectivity index (χ2n) is 8.30. The van der Waals surface area contributed by atoms with Crippen LogP contribution in [0.2, 0.25) is 0 Å². The minimum Gasteiger partial charge on any atom is -0.481 e. The molecule has 1 fully saturated rings. The van der Waals surface area contributed by atoms with Crippen molar-refractivity contribution in [2.24, 2.45) is 5.92 Å². The molecule has 7 unspecified atom stereocenters. The first kappa shape index (κ1) is 30.9. The van der Waals surface area contributed by atoms with Crippen LogP contribution in [0.3, 0.4) is 0 Å². The van der Waals surface area contributed by atoms with E-state index in [2.05, 4.69) is 10.6 Å². The Labute approximate surface area is 200 Å². The number of rotatable bonds is 13. The van der Waals surface area contributed by atoms with E-state index in [-0.39, 0.29) is 6.42 Å². The quantitative estimate of drug-likeness (QED) is 0.117. The molecule has 0 saturated carbocycles. The van der Waals surface area contributed by atoms with Gasteiger partial charge in [-0.1, -0.05) is 0 Å². The average Bonchev–Trinajstić information content (AvgIpc) is 2.74. The molecule has 0 radical (unpaired) electrons. The smallest absolute Gasteiger partial charge is 0.307 e. The molecule has 15 nitrogen and oxygen atoms in total. The predicted octanol–water partition coefficient (Wildman–Crippen LogP) is -2.37. The number of carbonyl (C=O) groups excluding carboxylic acids is 2. The Morgan fingerprint density at radius 2 is 1.74 bits per heavy atom. The molecule has 1 rings (SSSR count). The number of carbonyl (C=O) groups is 4. The summed E-state index contributed by atoms with van der Waals surface area (Å²) in [6.07, 6.45) is -9.03. The second kappa shape index (κ2) is 13.3. The first-order chi connectivity index (χ1) is 16.1. The Morgan fingerprint density at radius 3 is 2.23 bits per heavy atom. The number of aliphatic hydroxyl groups is 3. The van der Waals surface area contributed by atoms with E-state index in [4.69, 9.17) is 14.6 Å². The van der Waals surface area contributed by atoms with Gasteiger partial charge in [0, 0.05) is 19.5 Å². The van der Waals surface area contributed by atoms with Gasteiger partial charge < -0.3 is 50.5 Å². The Balaban J connectivity index is 2.89. The van der Waals surface area contributed by atoms with Gasteiger partial charge in [0.25, 0.3) is 0 Å². The highest BCUT2D eigenvalue weighted by atomic mass is 31.2. The molecular weight excluding hydrogens is 495 g/mol. The van der Waals surface area contributed by atoms with E-state index in [1.54, 1.807) is 0 Å². The molecule has 0 aromatic rings. The molecular formula is C19H33N2O13P. The molecule has 0 aliphatic carbocycles. The van der Waals surface area contributed by atoms with Crippen LogP contribution < -0.4 is 10.6 Å². The Hall–Kier alpha value is -2.13. The van der Waals surface area contributed by atoms with Crippen molar-refractivity contribution in [3.8, 4) is 0 Å². The largest absolute Gasteiger partial charge is 0.481 e.